The van der Waals surface area contributed by atoms with E-state index in [-0.39, 0.29) is 5.78 Å². The highest BCUT2D eigenvalue weighted by molar-refractivity contribution is 7.11. The number of thiophene rings is 1. The quantitative estimate of drug-likeness (QED) is 0.475. The van der Waals surface area contributed by atoms with E-state index in [9.17, 15) is 4.79 Å². The summed E-state index contributed by atoms with van der Waals surface area (Å²) < 4.78 is 22.8. The fourth-order valence-corrected chi connectivity index (χ4v) is 4.97. The van der Waals surface area contributed by atoms with E-state index in [1.807, 2.05) is 48.7 Å². The molecule has 7 heteroatoms. The minimum atomic E-state index is -0.0805. The van der Waals surface area contributed by atoms with Crippen molar-refractivity contribution in [3.63, 3.8) is 0 Å². The maximum atomic E-state index is 13.0. The first-order chi connectivity index (χ1) is 16.1. The van der Waals surface area contributed by atoms with Gasteiger partial charge in [0.2, 0.25) is 5.78 Å². The number of hydrogen-bond donors (Lipinski definition) is 0. The zero-order valence-corrected chi connectivity index (χ0v) is 19.7. The lowest BCUT2D eigenvalue weighted by atomic mass is 10.0. The van der Waals surface area contributed by atoms with Gasteiger partial charge in [0.1, 0.15) is 18.2 Å². The van der Waals surface area contributed by atoms with E-state index in [2.05, 4.69) is 4.90 Å². The smallest absolute Gasteiger partial charge is 0.232 e. The largest absolute Gasteiger partial charge is 0.493 e. The van der Waals surface area contributed by atoms with Gasteiger partial charge in [0.05, 0.1) is 25.3 Å². The van der Waals surface area contributed by atoms with Gasteiger partial charge in [-0.15, -0.1) is 11.3 Å². The normalized spacial score (nSPS) is 16.2. The number of methoxy groups -OCH3 is 2. The summed E-state index contributed by atoms with van der Waals surface area (Å²) in [5, 5.41) is 2.01. The monoisotopic (exact) mass is 463 g/mol. The topological polar surface area (TPSA) is 57.2 Å². The molecule has 0 atom stereocenters. The van der Waals surface area contributed by atoms with Crippen molar-refractivity contribution >= 4 is 23.2 Å². The number of carbonyl (C=O) groups is 1. The SMILES string of the molecule is COc1ccc(CCN2COc3ccc4c(c3C2)O/C(=C\c2sccc2C)C4=O)cc1OC. The Balaban J connectivity index is 1.33. The first-order valence-corrected chi connectivity index (χ1v) is 11.7. The van der Waals surface area contributed by atoms with Gasteiger partial charge in [0, 0.05) is 24.0 Å². The molecule has 0 N–H and O–H groups in total. The van der Waals surface area contributed by atoms with Crippen molar-refractivity contribution in [3.05, 3.63) is 74.7 Å². The minimum absolute atomic E-state index is 0.0805. The average molecular weight is 464 g/mol. The molecule has 3 heterocycles. The summed E-state index contributed by atoms with van der Waals surface area (Å²) in [5.74, 6) is 3.12. The molecule has 0 bridgehead atoms. The molecule has 0 radical (unpaired) electrons. The molecule has 0 saturated heterocycles. The molecule has 2 aromatic carbocycles. The first-order valence-electron chi connectivity index (χ1n) is 10.8. The van der Waals surface area contributed by atoms with E-state index in [1.54, 1.807) is 31.6 Å². The van der Waals surface area contributed by atoms with Gasteiger partial charge in [0.25, 0.3) is 0 Å². The van der Waals surface area contributed by atoms with Crippen LogP contribution in [0, 0.1) is 6.92 Å². The van der Waals surface area contributed by atoms with Crippen molar-refractivity contribution < 1.29 is 23.7 Å². The molecule has 6 nitrogen and oxygen atoms in total. The summed E-state index contributed by atoms with van der Waals surface area (Å²) in [6, 6.07) is 11.7. The number of rotatable bonds is 6. The van der Waals surface area contributed by atoms with Crippen molar-refractivity contribution in [3.8, 4) is 23.0 Å². The van der Waals surface area contributed by atoms with Crippen LogP contribution < -0.4 is 18.9 Å². The van der Waals surface area contributed by atoms with Crippen molar-refractivity contribution in [1.29, 1.82) is 0 Å². The van der Waals surface area contributed by atoms with Gasteiger partial charge in [-0.05, 0) is 60.2 Å². The van der Waals surface area contributed by atoms with Crippen molar-refractivity contribution in [2.24, 2.45) is 0 Å². The lowest BCUT2D eigenvalue weighted by molar-refractivity contribution is 0.0949. The lowest BCUT2D eigenvalue weighted by Crippen LogP contribution is -2.33. The lowest BCUT2D eigenvalue weighted by Gasteiger charge is -2.29. The Labute approximate surface area is 197 Å². The second-order valence-corrected chi connectivity index (χ2v) is 9.04. The van der Waals surface area contributed by atoms with E-state index in [0.29, 0.717) is 30.3 Å². The van der Waals surface area contributed by atoms with Gasteiger partial charge < -0.3 is 18.9 Å². The van der Waals surface area contributed by atoms with Gasteiger partial charge in [-0.3, -0.25) is 9.69 Å². The summed E-state index contributed by atoms with van der Waals surface area (Å²) in [6.45, 7) is 3.97. The Kier molecular flexibility index (Phi) is 5.83. The zero-order valence-electron chi connectivity index (χ0n) is 18.8. The summed E-state index contributed by atoms with van der Waals surface area (Å²) in [4.78, 5) is 16.2. The van der Waals surface area contributed by atoms with E-state index in [1.165, 1.54) is 0 Å². The highest BCUT2D eigenvalue weighted by atomic mass is 32.1. The summed E-state index contributed by atoms with van der Waals surface area (Å²) in [7, 11) is 3.27. The molecule has 170 valence electrons. The van der Waals surface area contributed by atoms with Crippen LogP contribution in [0.25, 0.3) is 6.08 Å². The Morgan fingerprint density at radius 3 is 2.73 bits per heavy atom. The third-order valence-corrected chi connectivity index (χ3v) is 6.98. The zero-order chi connectivity index (χ0) is 22.9. The molecular formula is C26H25NO5S. The molecule has 33 heavy (non-hydrogen) atoms. The van der Waals surface area contributed by atoms with Crippen LogP contribution in [0.3, 0.4) is 0 Å². The standard InChI is InChI=1S/C26H25NO5S/c1-16-9-11-33-24(16)13-23-25(28)18-5-7-20-19(26(18)32-23)14-27(15-31-20)10-8-17-4-6-21(29-2)22(12-17)30-3/h4-7,9,11-13H,8,10,14-15H2,1-3H3/b23-13-. The number of ether oxygens (including phenoxy) is 4. The number of benzene rings is 2. The third kappa shape index (κ3) is 4.10. The number of nitrogens with zero attached hydrogens (tertiary/aromatic N) is 1. The predicted octanol–water partition coefficient (Wildman–Crippen LogP) is 5.08. The summed E-state index contributed by atoms with van der Waals surface area (Å²) in [6.07, 6.45) is 2.67. The van der Waals surface area contributed by atoms with E-state index >= 15 is 0 Å². The number of Topliss-reactive ketones (excluding diaryl/α,β-unsaturated/α-hetero) is 1. The minimum Gasteiger partial charge on any atom is -0.493 e. The van der Waals surface area contributed by atoms with Crippen molar-refractivity contribution in [1.82, 2.24) is 4.90 Å². The Morgan fingerprint density at radius 1 is 1.12 bits per heavy atom. The molecule has 0 saturated carbocycles. The number of allylic oxidation sites excluding steroid dienone is 1. The molecule has 1 aromatic heterocycles. The van der Waals surface area contributed by atoms with Crippen molar-refractivity contribution in [2.45, 2.75) is 19.9 Å². The molecular weight excluding hydrogens is 438 g/mol. The predicted molar refractivity (Wildman–Crippen MR) is 128 cm³/mol. The van der Waals surface area contributed by atoms with Crippen LogP contribution in [0.1, 0.15) is 31.9 Å². The molecule has 0 aliphatic carbocycles. The third-order valence-electron chi connectivity index (χ3n) is 6.01. The molecule has 2 aliphatic heterocycles. The molecule has 3 aromatic rings. The highest BCUT2D eigenvalue weighted by Gasteiger charge is 2.33. The van der Waals surface area contributed by atoms with E-state index < -0.39 is 0 Å². The van der Waals surface area contributed by atoms with Crippen LogP contribution in [0.4, 0.5) is 0 Å². The Bertz CT molecular complexity index is 1250. The van der Waals surface area contributed by atoms with Gasteiger partial charge >= 0.3 is 0 Å². The molecule has 0 unspecified atom stereocenters. The van der Waals surface area contributed by atoms with Crippen LogP contribution >= 0.6 is 11.3 Å². The van der Waals surface area contributed by atoms with Gasteiger partial charge in [-0.25, -0.2) is 0 Å². The Hall–Kier alpha value is -3.29. The number of fused-ring (bicyclic) bond motifs is 3. The molecule has 2 aliphatic rings. The second-order valence-electron chi connectivity index (χ2n) is 8.09. The highest BCUT2D eigenvalue weighted by Crippen LogP contribution is 2.42. The Morgan fingerprint density at radius 2 is 1.97 bits per heavy atom. The van der Waals surface area contributed by atoms with Gasteiger partial charge in [-0.2, -0.15) is 0 Å². The second kappa shape index (κ2) is 8.92. The van der Waals surface area contributed by atoms with Crippen LogP contribution in [-0.2, 0) is 13.0 Å². The number of ketones is 1. The van der Waals surface area contributed by atoms with E-state index in [0.717, 1.165) is 51.8 Å². The van der Waals surface area contributed by atoms with Crippen LogP contribution in [0.5, 0.6) is 23.0 Å². The maximum Gasteiger partial charge on any atom is 0.232 e. The van der Waals surface area contributed by atoms with Gasteiger partial charge in [0.15, 0.2) is 17.3 Å². The molecule has 5 rings (SSSR count). The maximum absolute atomic E-state index is 13.0. The van der Waals surface area contributed by atoms with Crippen LogP contribution in [0.2, 0.25) is 0 Å². The summed E-state index contributed by atoms with van der Waals surface area (Å²) in [5.41, 5.74) is 3.80. The first kappa shape index (κ1) is 21.6. The average Bonchev–Trinajstić information content (AvgIpc) is 3.40. The molecule has 0 spiro atoms. The summed E-state index contributed by atoms with van der Waals surface area (Å²) >= 11 is 1.60. The van der Waals surface area contributed by atoms with E-state index in [4.69, 9.17) is 18.9 Å². The molecule has 0 amide bonds. The number of carbonyl (C=O) groups excluding carboxylic acids is 1. The number of hydrogen-bond acceptors (Lipinski definition) is 7. The van der Waals surface area contributed by atoms with Crippen molar-refractivity contribution in [2.75, 3.05) is 27.5 Å². The van der Waals surface area contributed by atoms with Gasteiger partial charge in [-0.1, -0.05) is 6.07 Å². The van der Waals surface area contributed by atoms with Crippen LogP contribution in [-0.4, -0.2) is 38.2 Å². The molecule has 0 fully saturated rings. The fraction of sp³-hybridized carbons (Fsp3) is 0.269. The fourth-order valence-electron chi connectivity index (χ4n) is 4.12. The van der Waals surface area contributed by atoms with Crippen LogP contribution in [0.15, 0.2) is 47.5 Å². The number of aryl methyl sites for hydroxylation is 1.